The summed E-state index contributed by atoms with van der Waals surface area (Å²) in [4.78, 5) is 9.86. The summed E-state index contributed by atoms with van der Waals surface area (Å²) in [6, 6.07) is 4.15. The summed E-state index contributed by atoms with van der Waals surface area (Å²) in [6.07, 6.45) is 3.76. The van der Waals surface area contributed by atoms with Gasteiger partial charge in [0.05, 0.1) is 11.6 Å². The van der Waals surface area contributed by atoms with Crippen LogP contribution in [-0.4, -0.2) is 9.97 Å². The number of anilines is 1. The fourth-order valence-corrected chi connectivity index (χ4v) is 3.21. The summed E-state index contributed by atoms with van der Waals surface area (Å²) in [7, 11) is 0. The molecule has 17 heavy (non-hydrogen) atoms. The molecule has 0 fully saturated rings. The minimum atomic E-state index is 0.785. The van der Waals surface area contributed by atoms with E-state index in [9.17, 15) is 0 Å². The molecular formula is C12H11N3S2. The van der Waals surface area contributed by atoms with Crippen molar-refractivity contribution in [2.45, 2.75) is 13.5 Å². The second kappa shape index (κ2) is 4.43. The van der Waals surface area contributed by atoms with Gasteiger partial charge in [-0.15, -0.1) is 22.7 Å². The topological polar surface area (TPSA) is 37.8 Å². The van der Waals surface area contributed by atoms with E-state index in [0.717, 1.165) is 17.4 Å². The second-order valence-electron chi connectivity index (χ2n) is 3.69. The van der Waals surface area contributed by atoms with Gasteiger partial charge in [0.2, 0.25) is 0 Å². The quantitative estimate of drug-likeness (QED) is 0.781. The van der Waals surface area contributed by atoms with Crippen LogP contribution >= 0.6 is 22.7 Å². The minimum absolute atomic E-state index is 0.785. The standard InChI is InChI=1S/C12H11N3S2/c1-8-14-6-9(17-8)7-15-12-10-3-5-16-11(10)2-4-13-12/h2-6H,7H2,1H3,(H,13,15). The molecule has 0 radical (unpaired) electrons. The van der Waals surface area contributed by atoms with Gasteiger partial charge in [0.1, 0.15) is 5.82 Å². The zero-order valence-electron chi connectivity index (χ0n) is 9.30. The highest BCUT2D eigenvalue weighted by Gasteiger charge is 2.04. The van der Waals surface area contributed by atoms with Crippen molar-refractivity contribution in [3.05, 3.63) is 39.8 Å². The molecule has 0 bridgehead atoms. The first-order chi connectivity index (χ1) is 8.33. The third-order valence-electron chi connectivity index (χ3n) is 2.48. The average Bonchev–Trinajstić information content (AvgIpc) is 2.94. The summed E-state index contributed by atoms with van der Waals surface area (Å²) >= 11 is 3.45. The van der Waals surface area contributed by atoms with Gasteiger partial charge in [-0.05, 0) is 24.4 Å². The second-order valence-corrected chi connectivity index (χ2v) is 5.96. The summed E-state index contributed by atoms with van der Waals surface area (Å²) in [5.74, 6) is 0.954. The molecule has 0 saturated carbocycles. The molecule has 3 aromatic rings. The van der Waals surface area contributed by atoms with E-state index in [1.165, 1.54) is 15.0 Å². The Labute approximate surface area is 107 Å². The Morgan fingerprint density at radius 1 is 1.29 bits per heavy atom. The smallest absolute Gasteiger partial charge is 0.134 e. The maximum atomic E-state index is 4.38. The highest BCUT2D eigenvalue weighted by Crippen LogP contribution is 2.26. The third-order valence-corrected chi connectivity index (χ3v) is 4.27. The molecule has 5 heteroatoms. The average molecular weight is 261 g/mol. The molecule has 3 rings (SSSR count). The fraction of sp³-hybridized carbons (Fsp3) is 0.167. The first-order valence-corrected chi connectivity index (χ1v) is 7.00. The number of thiophene rings is 1. The number of nitrogens with zero attached hydrogens (tertiary/aromatic N) is 2. The molecule has 1 N–H and O–H groups in total. The number of pyridine rings is 1. The van der Waals surface area contributed by atoms with Gasteiger partial charge in [0.25, 0.3) is 0 Å². The predicted octanol–water partition coefficient (Wildman–Crippen LogP) is 3.67. The van der Waals surface area contributed by atoms with Crippen molar-refractivity contribution in [1.29, 1.82) is 0 Å². The lowest BCUT2D eigenvalue weighted by molar-refractivity contribution is 1.14. The first kappa shape index (κ1) is 10.7. The van der Waals surface area contributed by atoms with E-state index in [0.29, 0.717) is 0 Å². The molecule has 3 heterocycles. The van der Waals surface area contributed by atoms with Crippen LogP contribution in [0.3, 0.4) is 0 Å². The Morgan fingerprint density at radius 3 is 3.06 bits per heavy atom. The van der Waals surface area contributed by atoms with Gasteiger partial charge >= 0.3 is 0 Å². The maximum absolute atomic E-state index is 4.38. The molecular weight excluding hydrogens is 250 g/mol. The molecule has 0 spiro atoms. The molecule has 0 unspecified atom stereocenters. The summed E-state index contributed by atoms with van der Waals surface area (Å²) in [5.41, 5.74) is 0. The molecule has 0 aromatic carbocycles. The van der Waals surface area contributed by atoms with Crippen LogP contribution in [0.25, 0.3) is 10.1 Å². The molecule has 3 aromatic heterocycles. The maximum Gasteiger partial charge on any atom is 0.134 e. The van der Waals surface area contributed by atoms with Crippen LogP contribution in [0, 0.1) is 6.92 Å². The summed E-state index contributed by atoms with van der Waals surface area (Å²) in [6.45, 7) is 2.81. The van der Waals surface area contributed by atoms with Crippen molar-refractivity contribution >= 4 is 38.6 Å². The molecule has 0 amide bonds. The van der Waals surface area contributed by atoms with Gasteiger partial charge in [-0.25, -0.2) is 9.97 Å². The number of nitrogens with one attached hydrogen (secondary N) is 1. The lowest BCUT2D eigenvalue weighted by Gasteiger charge is -2.04. The third kappa shape index (κ3) is 2.16. The first-order valence-electron chi connectivity index (χ1n) is 5.30. The van der Waals surface area contributed by atoms with E-state index in [2.05, 4.69) is 26.7 Å². The summed E-state index contributed by atoms with van der Waals surface area (Å²) in [5, 5.41) is 7.75. The van der Waals surface area contributed by atoms with Gasteiger partial charge in [-0.2, -0.15) is 0 Å². The Hall–Kier alpha value is -1.46. The number of rotatable bonds is 3. The minimum Gasteiger partial charge on any atom is -0.365 e. The number of hydrogen-bond donors (Lipinski definition) is 1. The number of hydrogen-bond acceptors (Lipinski definition) is 5. The number of aryl methyl sites for hydroxylation is 1. The fourth-order valence-electron chi connectivity index (χ4n) is 1.69. The van der Waals surface area contributed by atoms with Crippen LogP contribution in [-0.2, 0) is 6.54 Å². The zero-order chi connectivity index (χ0) is 11.7. The highest BCUT2D eigenvalue weighted by atomic mass is 32.1. The van der Waals surface area contributed by atoms with Crippen LogP contribution in [0.15, 0.2) is 29.9 Å². The predicted molar refractivity (Wildman–Crippen MR) is 73.8 cm³/mol. The van der Waals surface area contributed by atoms with Gasteiger partial charge < -0.3 is 5.32 Å². The molecule has 0 atom stereocenters. The van der Waals surface area contributed by atoms with Gasteiger partial charge in [0, 0.05) is 27.4 Å². The van der Waals surface area contributed by atoms with Crippen molar-refractivity contribution in [3.63, 3.8) is 0 Å². The van der Waals surface area contributed by atoms with Crippen molar-refractivity contribution in [3.8, 4) is 0 Å². The lowest BCUT2D eigenvalue weighted by atomic mass is 10.3. The van der Waals surface area contributed by atoms with E-state index in [-0.39, 0.29) is 0 Å². The zero-order valence-corrected chi connectivity index (χ0v) is 10.9. The van der Waals surface area contributed by atoms with Crippen molar-refractivity contribution in [2.24, 2.45) is 0 Å². The van der Waals surface area contributed by atoms with Gasteiger partial charge in [-0.1, -0.05) is 0 Å². The molecule has 0 saturated heterocycles. The lowest BCUT2D eigenvalue weighted by Crippen LogP contribution is -1.99. The van der Waals surface area contributed by atoms with E-state index < -0.39 is 0 Å². The van der Waals surface area contributed by atoms with E-state index in [1.807, 2.05) is 25.4 Å². The van der Waals surface area contributed by atoms with Gasteiger partial charge in [0.15, 0.2) is 0 Å². The molecule has 0 aliphatic rings. The number of aromatic nitrogens is 2. The SMILES string of the molecule is Cc1ncc(CNc2nccc3sccc23)s1. The van der Waals surface area contributed by atoms with Crippen LogP contribution < -0.4 is 5.32 Å². The van der Waals surface area contributed by atoms with Crippen LogP contribution in [0.5, 0.6) is 0 Å². The Balaban J connectivity index is 1.83. The van der Waals surface area contributed by atoms with E-state index >= 15 is 0 Å². The van der Waals surface area contributed by atoms with E-state index in [4.69, 9.17) is 0 Å². The van der Waals surface area contributed by atoms with Crippen molar-refractivity contribution in [1.82, 2.24) is 9.97 Å². The van der Waals surface area contributed by atoms with Crippen LogP contribution in [0.1, 0.15) is 9.88 Å². The van der Waals surface area contributed by atoms with Crippen LogP contribution in [0.4, 0.5) is 5.82 Å². The van der Waals surface area contributed by atoms with Crippen molar-refractivity contribution < 1.29 is 0 Å². The monoisotopic (exact) mass is 261 g/mol. The van der Waals surface area contributed by atoms with Crippen molar-refractivity contribution in [2.75, 3.05) is 5.32 Å². The van der Waals surface area contributed by atoms with Crippen LogP contribution in [0.2, 0.25) is 0 Å². The van der Waals surface area contributed by atoms with Gasteiger partial charge in [-0.3, -0.25) is 0 Å². The Kier molecular flexibility index (Phi) is 2.78. The van der Waals surface area contributed by atoms with E-state index in [1.54, 1.807) is 22.7 Å². The Morgan fingerprint density at radius 2 is 2.24 bits per heavy atom. The molecule has 3 nitrogen and oxygen atoms in total. The molecule has 86 valence electrons. The normalized spacial score (nSPS) is 10.9. The largest absolute Gasteiger partial charge is 0.365 e. The summed E-state index contributed by atoms with van der Waals surface area (Å²) < 4.78 is 1.27. The number of thiazole rings is 1. The number of fused-ring (bicyclic) bond motifs is 1. The Bertz CT molecular complexity index is 642. The molecule has 0 aliphatic carbocycles. The molecule has 0 aliphatic heterocycles. The highest BCUT2D eigenvalue weighted by molar-refractivity contribution is 7.17.